The topological polar surface area (TPSA) is 60.2 Å². The van der Waals surface area contributed by atoms with Gasteiger partial charge < -0.3 is 14.6 Å². The van der Waals surface area contributed by atoms with E-state index in [9.17, 15) is 0 Å². The summed E-state index contributed by atoms with van der Waals surface area (Å²) in [5.41, 5.74) is 1.17. The van der Waals surface area contributed by atoms with E-state index in [4.69, 9.17) is 9.26 Å². The summed E-state index contributed by atoms with van der Waals surface area (Å²) in [6.45, 7) is 7.42. The summed E-state index contributed by atoms with van der Waals surface area (Å²) in [6.07, 6.45) is 2.13. The summed E-state index contributed by atoms with van der Waals surface area (Å²) in [7, 11) is 0. The molecule has 1 atom stereocenters. The fourth-order valence-corrected chi connectivity index (χ4v) is 2.23. The van der Waals surface area contributed by atoms with E-state index in [1.807, 2.05) is 18.2 Å². The van der Waals surface area contributed by atoms with Crippen LogP contribution in [-0.4, -0.2) is 16.7 Å². The lowest BCUT2D eigenvalue weighted by Crippen LogP contribution is -2.22. The predicted octanol–water partition coefficient (Wildman–Crippen LogP) is 3.41. The second-order valence-electron chi connectivity index (χ2n) is 4.98. The molecular weight excluding hydrogens is 266 g/mol. The van der Waals surface area contributed by atoms with Crippen LogP contribution in [0.4, 0.5) is 0 Å². The molecule has 21 heavy (non-hydrogen) atoms. The molecule has 0 spiro atoms. The van der Waals surface area contributed by atoms with Crippen LogP contribution in [0.25, 0.3) is 0 Å². The van der Waals surface area contributed by atoms with Crippen LogP contribution in [0.1, 0.15) is 50.0 Å². The molecule has 0 aliphatic heterocycles. The van der Waals surface area contributed by atoms with Gasteiger partial charge in [0.1, 0.15) is 5.75 Å². The van der Waals surface area contributed by atoms with Crippen molar-refractivity contribution in [2.75, 3.05) is 6.54 Å². The highest BCUT2D eigenvalue weighted by molar-refractivity contribution is 5.36. The van der Waals surface area contributed by atoms with Crippen LogP contribution >= 0.6 is 0 Å². The van der Waals surface area contributed by atoms with Crippen molar-refractivity contribution in [1.82, 2.24) is 15.5 Å². The molecule has 5 heteroatoms. The zero-order valence-electron chi connectivity index (χ0n) is 12.9. The van der Waals surface area contributed by atoms with Crippen LogP contribution in [0.2, 0.25) is 0 Å². The van der Waals surface area contributed by atoms with Crippen molar-refractivity contribution in [3.63, 3.8) is 0 Å². The summed E-state index contributed by atoms with van der Waals surface area (Å²) >= 11 is 0. The Bertz CT molecular complexity index is 554. The fourth-order valence-electron chi connectivity index (χ4n) is 2.23. The van der Waals surface area contributed by atoms with Crippen molar-refractivity contribution >= 4 is 0 Å². The average Bonchev–Trinajstić information content (AvgIpc) is 2.92. The summed E-state index contributed by atoms with van der Waals surface area (Å²) < 4.78 is 10.9. The zero-order chi connectivity index (χ0) is 15.1. The highest BCUT2D eigenvalue weighted by Gasteiger charge is 2.14. The maximum atomic E-state index is 5.86. The Morgan fingerprint density at radius 3 is 2.76 bits per heavy atom. The summed E-state index contributed by atoms with van der Waals surface area (Å²) in [6, 6.07) is 8.39. The van der Waals surface area contributed by atoms with Crippen LogP contribution in [0, 0.1) is 6.92 Å². The first kappa shape index (κ1) is 15.5. The molecule has 0 fully saturated rings. The maximum absolute atomic E-state index is 5.86. The minimum Gasteiger partial charge on any atom is -0.483 e. The summed E-state index contributed by atoms with van der Waals surface area (Å²) in [5, 5.41) is 7.31. The summed E-state index contributed by atoms with van der Waals surface area (Å²) in [4.78, 5) is 4.15. The van der Waals surface area contributed by atoms with Gasteiger partial charge in [-0.2, -0.15) is 4.98 Å². The van der Waals surface area contributed by atoms with Crippen LogP contribution < -0.4 is 10.1 Å². The zero-order valence-corrected chi connectivity index (χ0v) is 12.9. The van der Waals surface area contributed by atoms with E-state index in [-0.39, 0.29) is 0 Å². The first-order chi connectivity index (χ1) is 10.2. The minimum atomic E-state index is 0.294. The normalized spacial score (nSPS) is 12.3. The van der Waals surface area contributed by atoms with Gasteiger partial charge in [0.05, 0.1) is 0 Å². The van der Waals surface area contributed by atoms with Crippen molar-refractivity contribution in [3.05, 3.63) is 41.5 Å². The number of nitrogens with zero attached hydrogens (tertiary/aromatic N) is 2. The lowest BCUT2D eigenvalue weighted by molar-refractivity contribution is 0.238. The molecule has 2 rings (SSSR count). The molecule has 0 saturated carbocycles. The van der Waals surface area contributed by atoms with Crippen molar-refractivity contribution in [2.45, 2.75) is 46.3 Å². The van der Waals surface area contributed by atoms with Crippen molar-refractivity contribution in [2.24, 2.45) is 0 Å². The molecule has 1 aromatic heterocycles. The van der Waals surface area contributed by atoms with E-state index in [0.29, 0.717) is 24.4 Å². The van der Waals surface area contributed by atoms with Gasteiger partial charge in [0.2, 0.25) is 0 Å². The molecule has 0 bridgehead atoms. The Morgan fingerprint density at radius 2 is 2.10 bits per heavy atom. The maximum Gasteiger partial charge on any atom is 0.264 e. The number of hydrogen-bond donors (Lipinski definition) is 1. The number of ether oxygens (including phenoxy) is 1. The molecule has 0 amide bonds. The Balaban J connectivity index is 2.08. The van der Waals surface area contributed by atoms with Crippen molar-refractivity contribution in [3.8, 4) is 5.75 Å². The van der Waals surface area contributed by atoms with Crippen LogP contribution in [0.5, 0.6) is 5.75 Å². The highest BCUT2D eigenvalue weighted by Crippen LogP contribution is 2.27. The Labute approximate surface area is 125 Å². The molecule has 1 heterocycles. The molecule has 1 aromatic carbocycles. The van der Waals surface area contributed by atoms with Crippen LogP contribution in [0.15, 0.2) is 28.8 Å². The average molecular weight is 289 g/mol. The van der Waals surface area contributed by atoms with E-state index in [1.54, 1.807) is 6.92 Å². The van der Waals surface area contributed by atoms with E-state index in [0.717, 1.165) is 25.1 Å². The number of rotatable bonds is 8. The number of para-hydroxylation sites is 1. The predicted molar refractivity (Wildman–Crippen MR) is 81.1 cm³/mol. The first-order valence-corrected chi connectivity index (χ1v) is 7.48. The van der Waals surface area contributed by atoms with E-state index in [2.05, 4.69) is 35.4 Å². The standard InChI is InChI=1S/C16H23N3O2/c1-4-10-17-14(5-2)13-8-6-7-9-15(13)20-11-16-18-12(3)19-21-16/h6-9,14,17H,4-5,10-11H2,1-3H3. The van der Waals surface area contributed by atoms with E-state index >= 15 is 0 Å². The van der Waals surface area contributed by atoms with E-state index < -0.39 is 0 Å². The van der Waals surface area contributed by atoms with E-state index in [1.165, 1.54) is 5.56 Å². The SMILES string of the molecule is CCCNC(CC)c1ccccc1OCc1nc(C)no1. The number of aromatic nitrogens is 2. The quantitative estimate of drug-likeness (QED) is 0.807. The van der Waals surface area contributed by atoms with Gasteiger partial charge in [0.25, 0.3) is 5.89 Å². The molecule has 1 unspecified atom stereocenters. The van der Waals surface area contributed by atoms with Crippen LogP contribution in [0.3, 0.4) is 0 Å². The lowest BCUT2D eigenvalue weighted by atomic mass is 10.0. The number of aryl methyl sites for hydroxylation is 1. The minimum absolute atomic E-state index is 0.294. The van der Waals surface area contributed by atoms with Gasteiger partial charge in [-0.15, -0.1) is 0 Å². The van der Waals surface area contributed by atoms with Gasteiger partial charge in [-0.05, 0) is 32.4 Å². The van der Waals surface area contributed by atoms with Gasteiger partial charge >= 0.3 is 0 Å². The Hall–Kier alpha value is -1.88. The molecule has 0 aliphatic carbocycles. The Morgan fingerprint density at radius 1 is 1.29 bits per heavy atom. The molecule has 5 nitrogen and oxygen atoms in total. The van der Waals surface area contributed by atoms with Gasteiger partial charge in [-0.25, -0.2) is 0 Å². The molecule has 0 aliphatic rings. The number of hydrogen-bond acceptors (Lipinski definition) is 5. The van der Waals surface area contributed by atoms with Gasteiger partial charge in [-0.3, -0.25) is 0 Å². The van der Waals surface area contributed by atoms with Gasteiger partial charge in [-0.1, -0.05) is 37.2 Å². The number of benzene rings is 1. The second kappa shape index (κ2) is 7.78. The third-order valence-corrected chi connectivity index (χ3v) is 3.26. The monoisotopic (exact) mass is 289 g/mol. The van der Waals surface area contributed by atoms with Gasteiger partial charge in [0.15, 0.2) is 12.4 Å². The molecule has 0 saturated heterocycles. The molecule has 1 N–H and O–H groups in total. The number of nitrogens with one attached hydrogen (secondary N) is 1. The molecule has 114 valence electrons. The van der Waals surface area contributed by atoms with Crippen molar-refractivity contribution < 1.29 is 9.26 Å². The van der Waals surface area contributed by atoms with Crippen molar-refractivity contribution in [1.29, 1.82) is 0 Å². The third-order valence-electron chi connectivity index (χ3n) is 3.26. The fraction of sp³-hybridized carbons (Fsp3) is 0.500. The molecular formula is C16H23N3O2. The smallest absolute Gasteiger partial charge is 0.264 e. The van der Waals surface area contributed by atoms with Gasteiger partial charge in [0, 0.05) is 11.6 Å². The molecule has 0 radical (unpaired) electrons. The Kier molecular flexibility index (Phi) is 5.75. The van der Waals surface area contributed by atoms with Crippen LogP contribution in [-0.2, 0) is 6.61 Å². The second-order valence-corrected chi connectivity index (χ2v) is 4.98. The lowest BCUT2D eigenvalue weighted by Gasteiger charge is -2.20. The molecule has 2 aromatic rings. The highest BCUT2D eigenvalue weighted by atomic mass is 16.5. The largest absolute Gasteiger partial charge is 0.483 e. The summed E-state index contributed by atoms with van der Waals surface area (Å²) in [5.74, 6) is 1.98. The third kappa shape index (κ3) is 4.29. The first-order valence-electron chi connectivity index (χ1n) is 7.48.